The Kier molecular flexibility index (Phi) is 4.36. The fraction of sp³-hybridized carbons (Fsp3) is 0.353. The molecule has 4 heteroatoms. The highest BCUT2D eigenvalue weighted by molar-refractivity contribution is 6.58. The minimum atomic E-state index is -1.04. The van der Waals surface area contributed by atoms with E-state index in [1.54, 1.807) is 19.9 Å². The molecule has 0 radical (unpaired) electrons. The number of hydrogen-bond donors (Lipinski definition) is 0. The lowest BCUT2D eigenvalue weighted by Gasteiger charge is -2.11. The van der Waals surface area contributed by atoms with Crippen LogP contribution in [0.5, 0.6) is 0 Å². The van der Waals surface area contributed by atoms with Gasteiger partial charge in [0.2, 0.25) is 11.3 Å². The van der Waals surface area contributed by atoms with Gasteiger partial charge in [-0.05, 0) is 37.5 Å². The van der Waals surface area contributed by atoms with Crippen LogP contribution >= 0.6 is 0 Å². The van der Waals surface area contributed by atoms with Crippen LogP contribution in [0.15, 0.2) is 40.9 Å². The molecule has 0 aliphatic carbocycles. The Labute approximate surface area is 124 Å². The van der Waals surface area contributed by atoms with Crippen LogP contribution in [0.4, 0.5) is 0 Å². The summed E-state index contributed by atoms with van der Waals surface area (Å²) in [5, 5.41) is 0. The first-order chi connectivity index (χ1) is 10.0. The predicted octanol–water partition coefficient (Wildman–Crippen LogP) is 2.83. The van der Waals surface area contributed by atoms with Crippen molar-refractivity contribution in [3.05, 3.63) is 41.5 Å². The topological polar surface area (TPSA) is 55.7 Å². The number of Topliss-reactive ketones (excluding diaryl/α,β-unsaturated/α-hetero) is 1. The van der Waals surface area contributed by atoms with Gasteiger partial charge in [0.25, 0.3) is 0 Å². The van der Waals surface area contributed by atoms with Gasteiger partial charge < -0.3 is 4.74 Å². The third-order valence-electron chi connectivity index (χ3n) is 3.53. The first-order valence-corrected chi connectivity index (χ1v) is 7.10. The number of rotatable bonds is 6. The molecule has 2 rings (SSSR count). The lowest BCUT2D eigenvalue weighted by Crippen LogP contribution is -2.35. The van der Waals surface area contributed by atoms with Crippen molar-refractivity contribution in [1.29, 1.82) is 0 Å². The van der Waals surface area contributed by atoms with Crippen molar-refractivity contribution < 1.29 is 14.3 Å². The normalized spacial score (nSPS) is 20.7. The molecule has 4 nitrogen and oxygen atoms in total. The molecule has 110 valence electrons. The van der Waals surface area contributed by atoms with Crippen molar-refractivity contribution in [1.82, 2.24) is 0 Å². The van der Waals surface area contributed by atoms with Crippen LogP contribution in [-0.2, 0) is 14.3 Å². The number of allylic oxidation sites excluding steroid dienone is 1. The molecule has 1 aromatic carbocycles. The summed E-state index contributed by atoms with van der Waals surface area (Å²) in [5.74, 6) is -0.614. The maximum Gasteiger partial charge on any atom is 0.340 e. The highest BCUT2D eigenvalue weighted by Crippen LogP contribution is 2.35. The number of carbonyl (C=O) groups excluding carboxylic acids is 2. The third-order valence-corrected chi connectivity index (χ3v) is 3.53. The highest BCUT2D eigenvalue weighted by Gasteiger charge is 2.57. The molecule has 0 spiro atoms. The summed E-state index contributed by atoms with van der Waals surface area (Å²) in [4.78, 5) is 28.5. The van der Waals surface area contributed by atoms with Crippen LogP contribution in [0.2, 0.25) is 0 Å². The smallest absolute Gasteiger partial charge is 0.340 e. The van der Waals surface area contributed by atoms with Gasteiger partial charge in [-0.25, -0.2) is 4.79 Å². The molecule has 0 unspecified atom stereocenters. The van der Waals surface area contributed by atoms with Crippen LogP contribution in [0.25, 0.3) is 6.08 Å². The van der Waals surface area contributed by atoms with Crippen molar-refractivity contribution >= 4 is 23.5 Å². The number of benzene rings is 1. The molecule has 0 saturated heterocycles. The van der Waals surface area contributed by atoms with Gasteiger partial charge in [0.1, 0.15) is 5.71 Å². The fourth-order valence-electron chi connectivity index (χ4n) is 2.24. The van der Waals surface area contributed by atoms with E-state index < -0.39 is 11.5 Å². The van der Waals surface area contributed by atoms with E-state index in [1.807, 2.05) is 37.3 Å². The van der Waals surface area contributed by atoms with E-state index in [4.69, 9.17) is 4.74 Å². The van der Waals surface area contributed by atoms with Crippen molar-refractivity contribution in [2.45, 2.75) is 32.7 Å². The summed E-state index contributed by atoms with van der Waals surface area (Å²) in [5.41, 5.74) is 0.786. The first kappa shape index (κ1) is 15.2. The molecule has 0 bridgehead atoms. The lowest BCUT2D eigenvalue weighted by atomic mass is 9.94. The van der Waals surface area contributed by atoms with Crippen LogP contribution in [0.3, 0.4) is 0 Å². The number of ketones is 1. The Morgan fingerprint density at radius 2 is 1.90 bits per heavy atom. The van der Waals surface area contributed by atoms with Gasteiger partial charge in [0, 0.05) is 0 Å². The van der Waals surface area contributed by atoms with Gasteiger partial charge in [-0.3, -0.25) is 9.79 Å². The second kappa shape index (κ2) is 6.04. The van der Waals surface area contributed by atoms with E-state index in [0.29, 0.717) is 17.7 Å². The maximum atomic E-state index is 12.4. The number of nitrogens with zero attached hydrogens (tertiary/aromatic N) is 1. The maximum absolute atomic E-state index is 12.4. The summed E-state index contributed by atoms with van der Waals surface area (Å²) in [7, 11) is 0. The van der Waals surface area contributed by atoms with E-state index in [2.05, 4.69) is 4.99 Å². The minimum Gasteiger partial charge on any atom is -0.464 e. The summed E-state index contributed by atoms with van der Waals surface area (Å²) in [6.07, 6.45) is 2.25. The monoisotopic (exact) mass is 285 g/mol. The molecule has 0 aromatic heterocycles. The standard InChI is InChI=1S/C17H19NO3/c1-4-17(16(20)21-5-2)15(18-17)14(19)12(3)11-13-9-7-6-8-10-13/h6-11H,4-5H2,1-3H3/b12-11+/t17-/m1/s1. The van der Waals surface area contributed by atoms with Gasteiger partial charge >= 0.3 is 5.97 Å². The Hall–Kier alpha value is -2.23. The van der Waals surface area contributed by atoms with Crippen LogP contribution in [-0.4, -0.2) is 29.6 Å². The lowest BCUT2D eigenvalue weighted by molar-refractivity contribution is -0.145. The summed E-state index contributed by atoms with van der Waals surface area (Å²) < 4.78 is 5.01. The molecule has 1 atom stereocenters. The molecule has 21 heavy (non-hydrogen) atoms. The van der Waals surface area contributed by atoms with Gasteiger partial charge in [-0.1, -0.05) is 37.3 Å². The van der Waals surface area contributed by atoms with Gasteiger partial charge in [-0.15, -0.1) is 0 Å². The molecule has 0 amide bonds. The molecular weight excluding hydrogens is 266 g/mol. The van der Waals surface area contributed by atoms with Crippen molar-refractivity contribution in [3.8, 4) is 0 Å². The average molecular weight is 285 g/mol. The Balaban J connectivity index is 2.13. The second-order valence-corrected chi connectivity index (χ2v) is 4.96. The van der Waals surface area contributed by atoms with E-state index in [9.17, 15) is 9.59 Å². The van der Waals surface area contributed by atoms with E-state index in [-0.39, 0.29) is 12.4 Å². The van der Waals surface area contributed by atoms with E-state index >= 15 is 0 Å². The zero-order valence-corrected chi connectivity index (χ0v) is 12.6. The number of aliphatic imine (C=N–C) groups is 1. The minimum absolute atomic E-state index is 0.186. The quantitative estimate of drug-likeness (QED) is 0.596. The highest BCUT2D eigenvalue weighted by atomic mass is 16.5. The molecule has 1 heterocycles. The fourth-order valence-corrected chi connectivity index (χ4v) is 2.24. The zero-order valence-electron chi connectivity index (χ0n) is 12.6. The summed E-state index contributed by atoms with van der Waals surface area (Å²) in [6, 6.07) is 9.58. The summed E-state index contributed by atoms with van der Waals surface area (Å²) >= 11 is 0. The average Bonchev–Trinajstić information content (AvgIpc) is 3.24. The molecule has 1 aromatic rings. The molecular formula is C17H19NO3. The number of carbonyl (C=O) groups is 2. The molecule has 1 aliphatic heterocycles. The molecule has 1 aliphatic rings. The predicted molar refractivity (Wildman–Crippen MR) is 82.2 cm³/mol. The van der Waals surface area contributed by atoms with Crippen LogP contribution in [0.1, 0.15) is 32.8 Å². The van der Waals surface area contributed by atoms with E-state index in [0.717, 1.165) is 5.56 Å². The number of hydrogen-bond acceptors (Lipinski definition) is 4. The van der Waals surface area contributed by atoms with Gasteiger partial charge in [-0.2, -0.15) is 0 Å². The number of esters is 1. The molecule has 0 fully saturated rings. The first-order valence-electron chi connectivity index (χ1n) is 7.10. The SMILES string of the molecule is CCOC(=O)[C@]1(CC)N=C1C(=O)/C(C)=C/c1ccccc1. The van der Waals surface area contributed by atoms with Crippen molar-refractivity contribution in [2.75, 3.05) is 6.61 Å². The second-order valence-electron chi connectivity index (χ2n) is 4.96. The Morgan fingerprint density at radius 3 is 2.48 bits per heavy atom. The number of ether oxygens (including phenoxy) is 1. The summed E-state index contributed by atoms with van der Waals surface area (Å²) in [6.45, 7) is 5.60. The molecule has 0 saturated carbocycles. The third kappa shape index (κ3) is 2.94. The van der Waals surface area contributed by atoms with Gasteiger partial charge in [0.05, 0.1) is 6.61 Å². The molecule has 0 N–H and O–H groups in total. The Morgan fingerprint density at radius 1 is 1.24 bits per heavy atom. The van der Waals surface area contributed by atoms with Crippen LogP contribution < -0.4 is 0 Å². The largest absolute Gasteiger partial charge is 0.464 e. The Bertz CT molecular complexity index is 616. The van der Waals surface area contributed by atoms with Crippen molar-refractivity contribution in [3.63, 3.8) is 0 Å². The zero-order chi connectivity index (χ0) is 15.5. The van der Waals surface area contributed by atoms with Crippen LogP contribution in [0, 0.1) is 0 Å². The van der Waals surface area contributed by atoms with E-state index in [1.165, 1.54) is 0 Å². The van der Waals surface area contributed by atoms with Gasteiger partial charge in [0.15, 0.2) is 0 Å². The van der Waals surface area contributed by atoms with Crippen molar-refractivity contribution in [2.24, 2.45) is 4.99 Å².